The predicted octanol–water partition coefficient (Wildman–Crippen LogP) is 1.45. The average Bonchev–Trinajstić information content (AvgIpc) is 3.05. The average molecular weight is 402 g/mol. The summed E-state index contributed by atoms with van der Waals surface area (Å²) in [6.45, 7) is 0.815. The first-order valence-corrected chi connectivity index (χ1v) is 9.69. The van der Waals surface area contributed by atoms with Crippen LogP contribution in [0.2, 0.25) is 0 Å². The second-order valence-corrected chi connectivity index (χ2v) is 7.26. The molecule has 0 bridgehead atoms. The summed E-state index contributed by atoms with van der Waals surface area (Å²) in [5, 5.41) is 0. The molecule has 0 spiro atoms. The van der Waals surface area contributed by atoms with Crippen LogP contribution in [0.25, 0.3) is 0 Å². The lowest BCUT2D eigenvalue weighted by Gasteiger charge is -2.35. The number of piperidine rings is 1. The normalized spacial score (nSPS) is 22.6. The van der Waals surface area contributed by atoms with E-state index in [0.29, 0.717) is 38.2 Å². The minimum absolute atomic E-state index is 0.0922. The summed E-state index contributed by atoms with van der Waals surface area (Å²) in [7, 11) is 0. The van der Waals surface area contributed by atoms with Crippen LogP contribution >= 0.6 is 0 Å². The van der Waals surface area contributed by atoms with Crippen LogP contribution in [0, 0.1) is 0 Å². The monoisotopic (exact) mass is 402 g/mol. The Bertz CT molecular complexity index is 834. The van der Waals surface area contributed by atoms with Crippen molar-refractivity contribution < 1.29 is 33.4 Å². The molecular formula is C20H22N2O7. The second kappa shape index (κ2) is 8.20. The van der Waals surface area contributed by atoms with Crippen LogP contribution in [0.3, 0.4) is 0 Å². The van der Waals surface area contributed by atoms with Gasteiger partial charge in [0, 0.05) is 31.4 Å². The van der Waals surface area contributed by atoms with Crippen molar-refractivity contribution in [1.29, 1.82) is 0 Å². The van der Waals surface area contributed by atoms with Gasteiger partial charge in [-0.2, -0.15) is 0 Å². The summed E-state index contributed by atoms with van der Waals surface area (Å²) in [4.78, 5) is 52.0. The molecule has 9 nitrogen and oxygen atoms in total. The first-order chi connectivity index (χ1) is 14.0. The van der Waals surface area contributed by atoms with E-state index in [1.807, 2.05) is 12.1 Å². The highest BCUT2D eigenvalue weighted by atomic mass is 16.7. The minimum Gasteiger partial charge on any atom is -0.431 e. The molecular weight excluding hydrogens is 380 g/mol. The molecule has 2 fully saturated rings. The molecule has 0 N–H and O–H groups in total. The Kier molecular flexibility index (Phi) is 5.48. The molecule has 154 valence electrons. The molecule has 9 heteroatoms. The number of fused-ring (bicyclic) bond motifs is 1. The predicted molar refractivity (Wildman–Crippen MR) is 97.5 cm³/mol. The quantitative estimate of drug-likeness (QED) is 0.555. The number of carbonyl (C=O) groups is 4. The molecule has 0 aliphatic carbocycles. The number of rotatable bonds is 4. The number of ether oxygens (including phenoxy) is 3. The van der Waals surface area contributed by atoms with Crippen LogP contribution in [0.4, 0.5) is 4.79 Å². The highest BCUT2D eigenvalue weighted by Gasteiger charge is 2.43. The van der Waals surface area contributed by atoms with Crippen LogP contribution in [0.1, 0.15) is 41.6 Å². The SMILES string of the molecule is O=C(OCN1C(=O)CCC(N2Cc3ccccc3C2=O)C1=O)OC1CCOCC1. The number of benzene rings is 1. The molecule has 2 saturated heterocycles. The molecule has 1 unspecified atom stereocenters. The smallest absolute Gasteiger partial charge is 0.431 e. The van der Waals surface area contributed by atoms with Crippen molar-refractivity contribution in [3.05, 3.63) is 35.4 Å². The van der Waals surface area contributed by atoms with Crippen molar-refractivity contribution in [2.24, 2.45) is 0 Å². The molecule has 0 aromatic heterocycles. The van der Waals surface area contributed by atoms with Crippen molar-refractivity contribution in [3.8, 4) is 0 Å². The molecule has 3 aliphatic heterocycles. The zero-order chi connectivity index (χ0) is 20.4. The van der Waals surface area contributed by atoms with E-state index in [-0.39, 0.29) is 24.9 Å². The van der Waals surface area contributed by atoms with E-state index in [1.54, 1.807) is 12.1 Å². The van der Waals surface area contributed by atoms with E-state index in [1.165, 1.54) is 4.90 Å². The van der Waals surface area contributed by atoms with Gasteiger partial charge in [0.25, 0.3) is 11.8 Å². The van der Waals surface area contributed by atoms with Gasteiger partial charge in [0.15, 0.2) is 6.73 Å². The summed E-state index contributed by atoms with van der Waals surface area (Å²) in [5.41, 5.74) is 1.42. The van der Waals surface area contributed by atoms with Gasteiger partial charge in [-0.25, -0.2) is 9.69 Å². The lowest BCUT2D eigenvalue weighted by Crippen LogP contribution is -2.55. The van der Waals surface area contributed by atoms with Gasteiger partial charge in [-0.1, -0.05) is 18.2 Å². The Hall–Kier alpha value is -2.94. The summed E-state index contributed by atoms with van der Waals surface area (Å²) in [6, 6.07) is 6.42. The summed E-state index contributed by atoms with van der Waals surface area (Å²) < 4.78 is 15.4. The lowest BCUT2D eigenvalue weighted by atomic mass is 10.0. The van der Waals surface area contributed by atoms with Crippen molar-refractivity contribution in [2.45, 2.75) is 44.4 Å². The maximum atomic E-state index is 12.9. The number of amides is 3. The van der Waals surface area contributed by atoms with Gasteiger partial charge in [-0.3, -0.25) is 14.4 Å². The van der Waals surface area contributed by atoms with Crippen LogP contribution in [0.15, 0.2) is 24.3 Å². The third-order valence-electron chi connectivity index (χ3n) is 5.45. The van der Waals surface area contributed by atoms with Crippen LogP contribution < -0.4 is 0 Å². The van der Waals surface area contributed by atoms with E-state index in [2.05, 4.69) is 0 Å². The van der Waals surface area contributed by atoms with Gasteiger partial charge in [-0.05, 0) is 18.1 Å². The molecule has 1 aromatic carbocycles. The fourth-order valence-electron chi connectivity index (χ4n) is 3.86. The molecule has 4 rings (SSSR count). The number of imide groups is 1. The van der Waals surface area contributed by atoms with Gasteiger partial charge in [0.2, 0.25) is 5.91 Å². The zero-order valence-electron chi connectivity index (χ0n) is 15.9. The Morgan fingerprint density at radius 2 is 1.86 bits per heavy atom. The fourth-order valence-corrected chi connectivity index (χ4v) is 3.86. The minimum atomic E-state index is -0.927. The number of nitrogens with zero attached hydrogens (tertiary/aromatic N) is 2. The lowest BCUT2D eigenvalue weighted by molar-refractivity contribution is -0.157. The Morgan fingerprint density at radius 3 is 2.62 bits per heavy atom. The van der Waals surface area contributed by atoms with E-state index >= 15 is 0 Å². The molecule has 0 saturated carbocycles. The van der Waals surface area contributed by atoms with Crippen molar-refractivity contribution in [2.75, 3.05) is 19.9 Å². The Labute approximate surface area is 167 Å². The third kappa shape index (κ3) is 3.95. The molecule has 3 heterocycles. The Morgan fingerprint density at radius 1 is 1.10 bits per heavy atom. The highest BCUT2D eigenvalue weighted by Crippen LogP contribution is 2.28. The first-order valence-electron chi connectivity index (χ1n) is 9.69. The van der Waals surface area contributed by atoms with E-state index in [9.17, 15) is 19.2 Å². The highest BCUT2D eigenvalue weighted by molar-refractivity contribution is 6.05. The number of carbonyl (C=O) groups excluding carboxylic acids is 4. The van der Waals surface area contributed by atoms with E-state index in [0.717, 1.165) is 10.5 Å². The molecule has 0 radical (unpaired) electrons. The van der Waals surface area contributed by atoms with Gasteiger partial charge >= 0.3 is 6.16 Å². The number of hydrogen-bond acceptors (Lipinski definition) is 7. The topological polar surface area (TPSA) is 102 Å². The molecule has 29 heavy (non-hydrogen) atoms. The standard InChI is InChI=1S/C20H22N2O7/c23-17-6-5-16(21-11-13-3-1-2-4-15(13)18(21)24)19(25)22(17)12-28-20(26)29-14-7-9-27-10-8-14/h1-4,14,16H,5-12H2. The van der Waals surface area contributed by atoms with Crippen LogP contribution in [0.5, 0.6) is 0 Å². The fraction of sp³-hybridized carbons (Fsp3) is 0.500. The summed E-state index contributed by atoms with van der Waals surface area (Å²) in [6.07, 6.45) is 0.281. The van der Waals surface area contributed by atoms with Crippen molar-refractivity contribution in [1.82, 2.24) is 9.80 Å². The number of likely N-dealkylation sites (tertiary alicyclic amines) is 1. The van der Waals surface area contributed by atoms with E-state index < -0.39 is 30.7 Å². The zero-order valence-corrected chi connectivity index (χ0v) is 15.9. The van der Waals surface area contributed by atoms with Gasteiger partial charge < -0.3 is 19.1 Å². The van der Waals surface area contributed by atoms with Crippen LogP contribution in [-0.2, 0) is 30.3 Å². The van der Waals surface area contributed by atoms with Gasteiger partial charge in [-0.15, -0.1) is 0 Å². The van der Waals surface area contributed by atoms with Crippen molar-refractivity contribution in [3.63, 3.8) is 0 Å². The van der Waals surface area contributed by atoms with Crippen molar-refractivity contribution >= 4 is 23.9 Å². The first kappa shape index (κ1) is 19.4. The molecule has 1 aromatic rings. The van der Waals surface area contributed by atoms with Gasteiger partial charge in [0.1, 0.15) is 12.1 Å². The van der Waals surface area contributed by atoms with E-state index in [4.69, 9.17) is 14.2 Å². The number of hydrogen-bond donors (Lipinski definition) is 0. The molecule has 3 aliphatic rings. The second-order valence-electron chi connectivity index (χ2n) is 7.26. The summed E-state index contributed by atoms with van der Waals surface area (Å²) >= 11 is 0. The third-order valence-corrected chi connectivity index (χ3v) is 5.45. The van der Waals surface area contributed by atoms with Crippen LogP contribution in [-0.4, -0.2) is 65.8 Å². The summed E-state index contributed by atoms with van der Waals surface area (Å²) in [5.74, 6) is -1.20. The maximum absolute atomic E-state index is 12.9. The maximum Gasteiger partial charge on any atom is 0.510 e. The largest absolute Gasteiger partial charge is 0.510 e. The Balaban J connectivity index is 1.37. The van der Waals surface area contributed by atoms with Gasteiger partial charge in [0.05, 0.1) is 13.2 Å². The molecule has 3 amide bonds. The molecule has 1 atom stereocenters.